The topological polar surface area (TPSA) is 61.9 Å². The van der Waals surface area contributed by atoms with Gasteiger partial charge < -0.3 is 15.1 Å². The molecule has 0 atom stereocenters. The molecule has 32 heavy (non-hydrogen) atoms. The molecule has 0 unspecified atom stereocenters. The van der Waals surface area contributed by atoms with Gasteiger partial charge in [-0.2, -0.15) is 5.06 Å². The van der Waals surface area contributed by atoms with E-state index >= 15 is 0 Å². The van der Waals surface area contributed by atoms with E-state index in [9.17, 15) is 9.59 Å². The van der Waals surface area contributed by atoms with Crippen LogP contribution in [-0.2, 0) is 20.8 Å². The zero-order chi connectivity index (χ0) is 23.5. The van der Waals surface area contributed by atoms with E-state index in [1.807, 2.05) is 32.0 Å². The molecule has 1 N–H and O–H groups in total. The fraction of sp³-hybridized carbons (Fsp3) is 0.417. The minimum absolute atomic E-state index is 0.126. The molecule has 0 saturated carbocycles. The number of hydroxylamine groups is 2. The molecule has 6 nitrogen and oxygen atoms in total. The molecule has 1 saturated heterocycles. The molecule has 2 aromatic carbocycles. The first-order chi connectivity index (χ1) is 15.2. The van der Waals surface area contributed by atoms with Crippen molar-refractivity contribution in [2.45, 2.75) is 38.6 Å². The van der Waals surface area contributed by atoms with E-state index in [1.54, 1.807) is 42.3 Å². The number of amides is 2. The van der Waals surface area contributed by atoms with Crippen molar-refractivity contribution < 1.29 is 14.4 Å². The van der Waals surface area contributed by atoms with Crippen LogP contribution in [0.5, 0.6) is 0 Å². The predicted octanol–water partition coefficient (Wildman–Crippen LogP) is 4.65. The van der Waals surface area contributed by atoms with Crippen LogP contribution in [0.15, 0.2) is 36.4 Å². The predicted molar refractivity (Wildman–Crippen MR) is 128 cm³/mol. The number of carbonyl (C=O) groups excluding carboxylic acids is 2. The highest BCUT2D eigenvalue weighted by Crippen LogP contribution is 2.32. The lowest BCUT2D eigenvalue weighted by Crippen LogP contribution is -2.62. The Labute approximate surface area is 199 Å². The summed E-state index contributed by atoms with van der Waals surface area (Å²) in [5.74, 6) is -0.375. The van der Waals surface area contributed by atoms with Gasteiger partial charge >= 0.3 is 0 Å². The zero-order valence-electron chi connectivity index (χ0n) is 18.9. The number of likely N-dealkylation sites (N-methyl/N-ethyl adjacent to an activating group) is 1. The minimum atomic E-state index is -1.01. The van der Waals surface area contributed by atoms with Gasteiger partial charge in [-0.3, -0.25) is 9.59 Å². The lowest BCUT2D eigenvalue weighted by molar-refractivity contribution is -0.171. The highest BCUT2D eigenvalue weighted by atomic mass is 35.5. The van der Waals surface area contributed by atoms with Crippen molar-refractivity contribution >= 4 is 40.7 Å². The second-order valence-electron chi connectivity index (χ2n) is 8.22. The van der Waals surface area contributed by atoms with Crippen molar-refractivity contribution in [3.8, 4) is 0 Å². The summed E-state index contributed by atoms with van der Waals surface area (Å²) in [6.07, 6.45) is 1.08. The van der Waals surface area contributed by atoms with E-state index in [1.165, 1.54) is 0 Å². The normalized spacial score (nSPS) is 15.9. The maximum absolute atomic E-state index is 13.6. The van der Waals surface area contributed by atoms with Crippen molar-refractivity contribution in [3.05, 3.63) is 63.1 Å². The first-order valence-electron chi connectivity index (χ1n) is 10.6. The fourth-order valence-corrected chi connectivity index (χ4v) is 4.79. The Morgan fingerprint density at radius 2 is 1.72 bits per heavy atom. The molecule has 0 bridgehead atoms. The summed E-state index contributed by atoms with van der Waals surface area (Å²) in [6, 6.07) is 10.8. The first kappa shape index (κ1) is 24.5. The van der Waals surface area contributed by atoms with Crippen molar-refractivity contribution in [2.24, 2.45) is 0 Å². The molecule has 0 radical (unpaired) electrons. The number of halogens is 2. The molecule has 3 rings (SSSR count). The van der Waals surface area contributed by atoms with Crippen LogP contribution in [0, 0.1) is 13.8 Å². The van der Waals surface area contributed by atoms with Gasteiger partial charge in [-0.1, -0.05) is 35.3 Å². The number of carbonyl (C=O) groups is 2. The Hall–Kier alpha value is -2.12. The first-order valence-corrected chi connectivity index (χ1v) is 11.3. The molecule has 2 aromatic rings. The van der Waals surface area contributed by atoms with Gasteiger partial charge in [0.25, 0.3) is 0 Å². The van der Waals surface area contributed by atoms with E-state index in [-0.39, 0.29) is 18.2 Å². The molecule has 172 valence electrons. The highest BCUT2D eigenvalue weighted by molar-refractivity contribution is 6.33. The van der Waals surface area contributed by atoms with Gasteiger partial charge in [-0.15, -0.1) is 0 Å². The summed E-state index contributed by atoms with van der Waals surface area (Å²) in [5.41, 5.74) is 2.36. The van der Waals surface area contributed by atoms with Crippen LogP contribution in [0.2, 0.25) is 10.0 Å². The number of hydrogen-bond acceptors (Lipinski definition) is 4. The molecule has 1 aliphatic heterocycles. The number of nitrogens with zero attached hydrogens (tertiary/aromatic N) is 2. The number of aryl methyl sites for hydroxylation is 2. The number of nitrogens with one attached hydrogen (secondary N) is 1. The van der Waals surface area contributed by atoms with Crippen molar-refractivity contribution in [2.75, 3.05) is 32.6 Å². The van der Waals surface area contributed by atoms with Gasteiger partial charge in [-0.05, 0) is 67.6 Å². The van der Waals surface area contributed by atoms with Crippen LogP contribution in [0.4, 0.5) is 5.69 Å². The Morgan fingerprint density at radius 3 is 2.28 bits per heavy atom. The van der Waals surface area contributed by atoms with Gasteiger partial charge in [-0.25, -0.2) is 0 Å². The van der Waals surface area contributed by atoms with Crippen LogP contribution >= 0.6 is 23.2 Å². The van der Waals surface area contributed by atoms with Crippen LogP contribution in [0.1, 0.15) is 29.5 Å². The molecule has 2 amide bonds. The lowest BCUT2D eigenvalue weighted by Gasteiger charge is -2.45. The van der Waals surface area contributed by atoms with Gasteiger partial charge in [0, 0.05) is 25.2 Å². The highest BCUT2D eigenvalue weighted by Gasteiger charge is 2.47. The van der Waals surface area contributed by atoms with Crippen LogP contribution in [0.3, 0.4) is 0 Å². The molecule has 1 aliphatic rings. The zero-order valence-corrected chi connectivity index (χ0v) is 20.4. The lowest BCUT2D eigenvalue weighted by atomic mass is 9.84. The summed E-state index contributed by atoms with van der Waals surface area (Å²) >= 11 is 12.4. The third-order valence-corrected chi connectivity index (χ3v) is 6.91. The van der Waals surface area contributed by atoms with E-state index in [4.69, 9.17) is 28.0 Å². The van der Waals surface area contributed by atoms with E-state index in [0.29, 0.717) is 41.7 Å². The maximum Gasteiger partial charge on any atom is 0.250 e. The molecule has 0 aromatic heterocycles. The van der Waals surface area contributed by atoms with Gasteiger partial charge in [0.05, 0.1) is 24.2 Å². The number of benzene rings is 2. The summed E-state index contributed by atoms with van der Waals surface area (Å²) in [5, 5.41) is 5.84. The molecule has 8 heteroatoms. The third kappa shape index (κ3) is 5.09. The number of anilines is 1. The Balaban J connectivity index is 1.88. The molecule has 0 aliphatic carbocycles. The van der Waals surface area contributed by atoms with Crippen molar-refractivity contribution in [1.29, 1.82) is 0 Å². The summed E-state index contributed by atoms with van der Waals surface area (Å²) in [6.45, 7) is 4.95. The van der Waals surface area contributed by atoms with Crippen molar-refractivity contribution in [3.63, 3.8) is 0 Å². The largest absolute Gasteiger partial charge is 0.331 e. The molecule has 1 fully saturated rings. The van der Waals surface area contributed by atoms with Crippen LogP contribution in [0.25, 0.3) is 0 Å². The summed E-state index contributed by atoms with van der Waals surface area (Å²) in [7, 11) is 3.31. The van der Waals surface area contributed by atoms with E-state index < -0.39 is 5.54 Å². The van der Waals surface area contributed by atoms with E-state index in [0.717, 1.165) is 16.7 Å². The number of hydrogen-bond donors (Lipinski definition) is 1. The Morgan fingerprint density at radius 1 is 1.12 bits per heavy atom. The van der Waals surface area contributed by atoms with Crippen LogP contribution < -0.4 is 5.32 Å². The number of rotatable bonds is 6. The summed E-state index contributed by atoms with van der Waals surface area (Å²) in [4.78, 5) is 33.9. The average Bonchev–Trinajstić information content (AvgIpc) is 2.77. The number of piperidine rings is 1. The standard InChI is InChI=1S/C24H29Cl2N3O3/c1-16-13-18(25)14-17(2)19(16)15-22(30)28(3)24(9-11-29(32-4)12-10-24)23(31)27-21-8-6-5-7-20(21)26/h5-8,13-14H,9-12,15H2,1-4H3,(H,27,31). The second-order valence-corrected chi connectivity index (χ2v) is 9.07. The third-order valence-electron chi connectivity index (χ3n) is 6.36. The smallest absolute Gasteiger partial charge is 0.250 e. The van der Waals surface area contributed by atoms with E-state index in [2.05, 4.69) is 5.32 Å². The van der Waals surface area contributed by atoms with Gasteiger partial charge in [0.2, 0.25) is 11.8 Å². The molecular formula is C24H29Cl2N3O3. The fourth-order valence-electron chi connectivity index (χ4n) is 4.28. The Bertz CT molecular complexity index is 981. The maximum atomic E-state index is 13.6. The van der Waals surface area contributed by atoms with Crippen molar-refractivity contribution in [1.82, 2.24) is 9.96 Å². The van der Waals surface area contributed by atoms with Crippen LogP contribution in [-0.4, -0.2) is 54.6 Å². The number of para-hydroxylation sites is 1. The monoisotopic (exact) mass is 477 g/mol. The molecule has 1 heterocycles. The average molecular weight is 478 g/mol. The quantitative estimate of drug-likeness (QED) is 0.657. The Kier molecular flexibility index (Phi) is 7.83. The van der Waals surface area contributed by atoms with Gasteiger partial charge in [0.15, 0.2) is 0 Å². The summed E-state index contributed by atoms with van der Waals surface area (Å²) < 4.78 is 0. The molecular weight excluding hydrogens is 449 g/mol. The second kappa shape index (κ2) is 10.2. The molecule has 0 spiro atoms. The van der Waals surface area contributed by atoms with Gasteiger partial charge in [0.1, 0.15) is 5.54 Å². The minimum Gasteiger partial charge on any atom is -0.331 e. The SMILES string of the molecule is CON1CCC(C(=O)Nc2ccccc2Cl)(N(C)C(=O)Cc2c(C)cc(Cl)cc2C)CC1.